The highest BCUT2D eigenvalue weighted by Gasteiger charge is 2.25. The van der Waals surface area contributed by atoms with Crippen molar-refractivity contribution in [2.75, 3.05) is 0 Å². The van der Waals surface area contributed by atoms with Crippen LogP contribution in [0.2, 0.25) is 0 Å². The predicted molar refractivity (Wildman–Crippen MR) is 52.1 cm³/mol. The van der Waals surface area contributed by atoms with Gasteiger partial charge in [0.05, 0.1) is 6.61 Å². The van der Waals surface area contributed by atoms with E-state index in [1.165, 1.54) is 29.5 Å². The van der Waals surface area contributed by atoms with Gasteiger partial charge in [0.1, 0.15) is 0 Å². The fourth-order valence-electron chi connectivity index (χ4n) is 1.71. The molecule has 2 nitrogen and oxygen atoms in total. The molecule has 1 fully saturated rings. The summed E-state index contributed by atoms with van der Waals surface area (Å²) >= 11 is 0. The van der Waals surface area contributed by atoms with Crippen LogP contribution in [0.25, 0.3) is 0 Å². The maximum absolute atomic E-state index is 5.09. The average Bonchev–Trinajstić information content (AvgIpc) is 2.91. The van der Waals surface area contributed by atoms with Gasteiger partial charge >= 0.3 is 0 Å². The molecule has 1 aliphatic carbocycles. The van der Waals surface area contributed by atoms with Crippen molar-refractivity contribution in [2.45, 2.75) is 32.3 Å². The van der Waals surface area contributed by atoms with Crippen LogP contribution in [0.1, 0.15) is 35.4 Å². The van der Waals surface area contributed by atoms with Gasteiger partial charge < -0.3 is 0 Å². The number of hydrogen-bond donors (Lipinski definition) is 1. The van der Waals surface area contributed by atoms with Crippen molar-refractivity contribution >= 4 is 0 Å². The number of nitrogens with two attached hydrogens (primary N) is 1. The van der Waals surface area contributed by atoms with Crippen molar-refractivity contribution in [3.05, 3.63) is 34.9 Å². The van der Waals surface area contributed by atoms with Crippen molar-refractivity contribution in [1.29, 1.82) is 0 Å². The fourth-order valence-corrected chi connectivity index (χ4v) is 1.71. The quantitative estimate of drug-likeness (QED) is 0.719. The molecule has 1 aromatic rings. The molecule has 0 amide bonds. The number of rotatable bonds is 3. The Morgan fingerprint density at radius 1 is 1.46 bits per heavy atom. The molecule has 0 atom stereocenters. The van der Waals surface area contributed by atoms with Gasteiger partial charge in [-0.05, 0) is 36.8 Å². The first-order valence-corrected chi connectivity index (χ1v) is 4.72. The van der Waals surface area contributed by atoms with E-state index in [9.17, 15) is 0 Å². The smallest absolute Gasteiger partial charge is 0.0932 e. The van der Waals surface area contributed by atoms with Crippen molar-refractivity contribution in [3.63, 3.8) is 0 Å². The Balaban J connectivity index is 2.30. The number of hydrogen-bond acceptors (Lipinski definition) is 2. The minimum atomic E-state index is 0.534. The van der Waals surface area contributed by atoms with Crippen LogP contribution < -0.4 is 5.90 Å². The van der Waals surface area contributed by atoms with Gasteiger partial charge in [0.15, 0.2) is 0 Å². The summed E-state index contributed by atoms with van der Waals surface area (Å²) in [5, 5.41) is 0. The van der Waals surface area contributed by atoms with Crippen LogP contribution in [-0.2, 0) is 11.4 Å². The van der Waals surface area contributed by atoms with E-state index in [2.05, 4.69) is 30.0 Å². The molecule has 0 saturated heterocycles. The lowest BCUT2D eigenvalue weighted by molar-refractivity contribution is 0.123. The third-order valence-electron chi connectivity index (χ3n) is 2.56. The number of benzene rings is 1. The van der Waals surface area contributed by atoms with Crippen molar-refractivity contribution in [1.82, 2.24) is 0 Å². The van der Waals surface area contributed by atoms with Gasteiger partial charge in [-0.25, -0.2) is 5.90 Å². The second-order valence-electron chi connectivity index (χ2n) is 3.79. The standard InChI is InChI=1S/C11H15NO/c1-8-2-3-10(7-13-12)11(6-8)9-4-5-9/h2-3,6,9H,4-5,7,12H2,1H3. The second-order valence-corrected chi connectivity index (χ2v) is 3.79. The van der Waals surface area contributed by atoms with Gasteiger partial charge in [0.25, 0.3) is 0 Å². The molecule has 13 heavy (non-hydrogen) atoms. The van der Waals surface area contributed by atoms with Crippen LogP contribution in [0, 0.1) is 6.92 Å². The summed E-state index contributed by atoms with van der Waals surface area (Å²) in [5.74, 6) is 5.86. The van der Waals surface area contributed by atoms with Gasteiger partial charge in [0.2, 0.25) is 0 Å². The molecule has 0 bridgehead atoms. The first-order valence-electron chi connectivity index (χ1n) is 4.72. The largest absolute Gasteiger partial charge is 0.300 e. The maximum Gasteiger partial charge on any atom is 0.0932 e. The van der Waals surface area contributed by atoms with Crippen molar-refractivity contribution < 1.29 is 4.84 Å². The molecule has 1 aromatic carbocycles. The second kappa shape index (κ2) is 3.48. The lowest BCUT2D eigenvalue weighted by Crippen LogP contribution is -2.02. The van der Waals surface area contributed by atoms with E-state index >= 15 is 0 Å². The van der Waals surface area contributed by atoms with Crippen LogP contribution in [0.4, 0.5) is 0 Å². The van der Waals surface area contributed by atoms with E-state index < -0.39 is 0 Å². The molecule has 0 heterocycles. The predicted octanol–water partition coefficient (Wildman–Crippen LogP) is 2.26. The van der Waals surface area contributed by atoms with Crippen LogP contribution in [-0.4, -0.2) is 0 Å². The fraction of sp³-hybridized carbons (Fsp3) is 0.455. The molecule has 70 valence electrons. The van der Waals surface area contributed by atoms with Gasteiger partial charge in [-0.1, -0.05) is 23.8 Å². The highest BCUT2D eigenvalue weighted by molar-refractivity contribution is 5.36. The topological polar surface area (TPSA) is 35.2 Å². The summed E-state index contributed by atoms with van der Waals surface area (Å²) in [6, 6.07) is 6.49. The van der Waals surface area contributed by atoms with E-state index in [4.69, 9.17) is 5.90 Å². The van der Waals surface area contributed by atoms with E-state index in [0.717, 1.165) is 5.92 Å². The average molecular weight is 177 g/mol. The molecule has 0 radical (unpaired) electrons. The zero-order valence-electron chi connectivity index (χ0n) is 7.92. The molecule has 1 saturated carbocycles. The molecule has 0 unspecified atom stereocenters. The van der Waals surface area contributed by atoms with Gasteiger partial charge in [-0.15, -0.1) is 0 Å². The molecule has 2 heteroatoms. The highest BCUT2D eigenvalue weighted by atomic mass is 16.6. The van der Waals surface area contributed by atoms with Crippen LogP contribution in [0.15, 0.2) is 18.2 Å². The van der Waals surface area contributed by atoms with Gasteiger partial charge in [0, 0.05) is 0 Å². The third kappa shape index (κ3) is 1.90. The summed E-state index contributed by atoms with van der Waals surface area (Å²) in [4.78, 5) is 4.69. The van der Waals surface area contributed by atoms with Crippen molar-refractivity contribution in [2.24, 2.45) is 5.90 Å². The van der Waals surface area contributed by atoms with Crippen molar-refractivity contribution in [3.8, 4) is 0 Å². The summed E-state index contributed by atoms with van der Waals surface area (Å²) in [7, 11) is 0. The third-order valence-corrected chi connectivity index (χ3v) is 2.56. The first-order chi connectivity index (χ1) is 6.31. The zero-order valence-corrected chi connectivity index (χ0v) is 7.92. The van der Waals surface area contributed by atoms with Gasteiger partial charge in [-0.2, -0.15) is 0 Å². The zero-order chi connectivity index (χ0) is 9.26. The first kappa shape index (κ1) is 8.73. The summed E-state index contributed by atoms with van der Waals surface area (Å²) < 4.78 is 0. The van der Waals surface area contributed by atoms with Crippen LogP contribution in [0.5, 0.6) is 0 Å². The van der Waals surface area contributed by atoms with E-state index in [1.807, 2.05) is 0 Å². The lowest BCUT2D eigenvalue weighted by atomic mass is 10.0. The Kier molecular flexibility index (Phi) is 2.34. The Bertz CT molecular complexity index is 305. The van der Waals surface area contributed by atoms with E-state index in [0.29, 0.717) is 6.61 Å². The molecule has 2 N–H and O–H groups in total. The normalized spacial score (nSPS) is 16.2. The van der Waals surface area contributed by atoms with Crippen LogP contribution >= 0.6 is 0 Å². The Hall–Kier alpha value is -0.860. The molecule has 2 rings (SSSR count). The molecular formula is C11H15NO. The summed E-state index contributed by atoms with van der Waals surface area (Å²) in [6.45, 7) is 2.66. The molecule has 0 spiro atoms. The minimum absolute atomic E-state index is 0.534. The maximum atomic E-state index is 5.09. The number of aryl methyl sites for hydroxylation is 1. The Morgan fingerprint density at radius 3 is 2.85 bits per heavy atom. The Morgan fingerprint density at radius 2 is 2.23 bits per heavy atom. The monoisotopic (exact) mass is 177 g/mol. The molecule has 1 aliphatic rings. The van der Waals surface area contributed by atoms with E-state index in [1.54, 1.807) is 0 Å². The van der Waals surface area contributed by atoms with E-state index in [-0.39, 0.29) is 0 Å². The molecule has 0 aromatic heterocycles. The van der Waals surface area contributed by atoms with Gasteiger partial charge in [-0.3, -0.25) is 4.84 Å². The SMILES string of the molecule is Cc1ccc(CON)c(C2CC2)c1. The molecule has 0 aliphatic heterocycles. The molecular weight excluding hydrogens is 162 g/mol. The minimum Gasteiger partial charge on any atom is -0.300 e. The lowest BCUT2D eigenvalue weighted by Gasteiger charge is -2.08. The summed E-state index contributed by atoms with van der Waals surface area (Å²) in [6.07, 6.45) is 2.64. The van der Waals surface area contributed by atoms with Crippen LogP contribution in [0.3, 0.4) is 0 Å². The summed E-state index contributed by atoms with van der Waals surface area (Å²) in [5.41, 5.74) is 4.00. The highest BCUT2D eigenvalue weighted by Crippen LogP contribution is 2.42. The Labute approximate surface area is 78.7 Å².